The lowest BCUT2D eigenvalue weighted by molar-refractivity contribution is -0.303. The molecular formula is C38H75NO9. The second-order valence-electron chi connectivity index (χ2n) is 14.2. The molecule has 0 aromatic rings. The Hall–Kier alpha value is -0.850. The highest BCUT2D eigenvalue weighted by Crippen LogP contribution is 2.23. The largest absolute Gasteiger partial charge is 0.394 e. The SMILES string of the molecule is CCCCCCCCCCCCCCCCCC(=O)N[C@@H](CO[C@@H]1O[C@H](CO)[C@H](O)C(O)C1O)[C@H](O)[C@H](O)CCCCCCCCCC. The van der Waals surface area contributed by atoms with Crippen molar-refractivity contribution >= 4 is 5.91 Å². The fourth-order valence-electron chi connectivity index (χ4n) is 6.49. The molecule has 7 N–H and O–H groups in total. The van der Waals surface area contributed by atoms with Crippen molar-refractivity contribution < 1.29 is 44.9 Å². The number of amides is 1. The normalized spacial score (nSPS) is 23.2. The first-order valence-electron chi connectivity index (χ1n) is 19.8. The van der Waals surface area contributed by atoms with E-state index in [0.29, 0.717) is 6.42 Å². The number of hydrogen-bond donors (Lipinski definition) is 7. The summed E-state index contributed by atoms with van der Waals surface area (Å²) < 4.78 is 11.1. The van der Waals surface area contributed by atoms with Crippen LogP contribution in [0.3, 0.4) is 0 Å². The third-order valence-corrected chi connectivity index (χ3v) is 9.80. The summed E-state index contributed by atoms with van der Waals surface area (Å²) >= 11 is 0. The molecule has 0 radical (unpaired) electrons. The molecular weight excluding hydrogens is 614 g/mol. The fourth-order valence-corrected chi connectivity index (χ4v) is 6.49. The Bertz CT molecular complexity index is 743. The Labute approximate surface area is 292 Å². The average molecular weight is 690 g/mol. The highest BCUT2D eigenvalue weighted by molar-refractivity contribution is 5.76. The molecule has 10 nitrogen and oxygen atoms in total. The van der Waals surface area contributed by atoms with Crippen molar-refractivity contribution in [2.24, 2.45) is 0 Å². The molecule has 0 spiro atoms. The predicted molar refractivity (Wildman–Crippen MR) is 190 cm³/mol. The maximum Gasteiger partial charge on any atom is 0.220 e. The Morgan fingerprint density at radius 2 is 1.08 bits per heavy atom. The fraction of sp³-hybridized carbons (Fsp3) is 0.974. The van der Waals surface area contributed by atoms with E-state index in [4.69, 9.17) is 9.47 Å². The summed E-state index contributed by atoms with van der Waals surface area (Å²) in [6.45, 7) is 3.55. The number of rotatable bonds is 32. The van der Waals surface area contributed by atoms with Gasteiger partial charge in [0.2, 0.25) is 5.91 Å². The highest BCUT2D eigenvalue weighted by Gasteiger charge is 2.44. The molecule has 1 aliphatic rings. The van der Waals surface area contributed by atoms with E-state index in [-0.39, 0.29) is 18.9 Å². The van der Waals surface area contributed by atoms with Crippen molar-refractivity contribution in [3.63, 3.8) is 0 Å². The van der Waals surface area contributed by atoms with Crippen molar-refractivity contribution in [2.75, 3.05) is 13.2 Å². The van der Waals surface area contributed by atoms with Gasteiger partial charge < -0.3 is 45.4 Å². The smallest absolute Gasteiger partial charge is 0.220 e. The van der Waals surface area contributed by atoms with E-state index >= 15 is 0 Å². The van der Waals surface area contributed by atoms with E-state index in [1.807, 2.05) is 0 Å². The summed E-state index contributed by atoms with van der Waals surface area (Å²) in [7, 11) is 0. The van der Waals surface area contributed by atoms with Crippen LogP contribution in [-0.2, 0) is 14.3 Å². The summed E-state index contributed by atoms with van der Waals surface area (Å²) in [5.41, 5.74) is 0. The molecule has 48 heavy (non-hydrogen) atoms. The highest BCUT2D eigenvalue weighted by atomic mass is 16.7. The predicted octanol–water partition coefficient (Wildman–Crippen LogP) is 5.80. The molecule has 1 heterocycles. The van der Waals surface area contributed by atoms with Crippen molar-refractivity contribution in [3.05, 3.63) is 0 Å². The molecule has 0 aromatic heterocycles. The number of carbonyl (C=O) groups is 1. The van der Waals surface area contributed by atoms with Crippen LogP contribution < -0.4 is 5.32 Å². The van der Waals surface area contributed by atoms with Gasteiger partial charge >= 0.3 is 0 Å². The molecule has 0 bridgehead atoms. The standard InChI is InChI=1S/C38H75NO9/c1-3-5-7-9-11-13-14-15-16-17-18-19-21-23-25-27-33(42)39-30(29-47-38-37(46)36(45)35(44)32(28-40)48-38)34(43)31(41)26-24-22-20-12-10-8-6-4-2/h30-32,34-38,40-41,43-46H,3-29H2,1-2H3,(H,39,42)/t30-,31+,32+,34-,35-,36?,37?,38+/m0/s1. The maximum atomic E-state index is 12.9. The second kappa shape index (κ2) is 29.8. The Kier molecular flexibility index (Phi) is 28.1. The van der Waals surface area contributed by atoms with Crippen LogP contribution in [0.5, 0.6) is 0 Å². The molecule has 2 unspecified atom stereocenters. The minimum absolute atomic E-state index is 0.259. The van der Waals surface area contributed by atoms with Gasteiger partial charge in [-0.3, -0.25) is 4.79 Å². The molecule has 1 saturated heterocycles. The molecule has 8 atom stereocenters. The van der Waals surface area contributed by atoms with E-state index in [1.54, 1.807) is 0 Å². The van der Waals surface area contributed by atoms with E-state index in [9.17, 15) is 35.4 Å². The zero-order chi connectivity index (χ0) is 35.4. The molecule has 0 aromatic carbocycles. The van der Waals surface area contributed by atoms with Gasteiger partial charge in [-0.05, 0) is 12.8 Å². The number of unbranched alkanes of at least 4 members (excludes halogenated alkanes) is 21. The van der Waals surface area contributed by atoms with Crippen molar-refractivity contribution in [1.29, 1.82) is 0 Å². The molecule has 286 valence electrons. The van der Waals surface area contributed by atoms with Gasteiger partial charge in [0.25, 0.3) is 0 Å². The lowest BCUT2D eigenvalue weighted by atomic mass is 9.98. The van der Waals surface area contributed by atoms with Crippen LogP contribution in [-0.4, -0.2) is 98.7 Å². The monoisotopic (exact) mass is 690 g/mol. The molecule has 1 fully saturated rings. The Balaban J connectivity index is 2.44. The molecule has 0 saturated carbocycles. The second-order valence-corrected chi connectivity index (χ2v) is 14.2. The van der Waals surface area contributed by atoms with Gasteiger partial charge in [-0.1, -0.05) is 155 Å². The van der Waals surface area contributed by atoms with Crippen LogP contribution in [0.15, 0.2) is 0 Å². The summed E-state index contributed by atoms with van der Waals surface area (Å²) in [6, 6.07) is -0.981. The quantitative estimate of drug-likeness (QED) is 0.0432. The zero-order valence-electron chi connectivity index (χ0n) is 30.6. The minimum atomic E-state index is -1.60. The van der Waals surface area contributed by atoms with Gasteiger partial charge in [0.05, 0.1) is 25.4 Å². The van der Waals surface area contributed by atoms with Crippen molar-refractivity contribution in [3.8, 4) is 0 Å². The molecule has 0 aliphatic carbocycles. The van der Waals surface area contributed by atoms with Gasteiger partial charge in [-0.2, -0.15) is 0 Å². The maximum absolute atomic E-state index is 12.9. The first kappa shape index (κ1) is 45.2. The van der Waals surface area contributed by atoms with Gasteiger partial charge in [0.15, 0.2) is 6.29 Å². The van der Waals surface area contributed by atoms with E-state index in [0.717, 1.165) is 51.4 Å². The minimum Gasteiger partial charge on any atom is -0.394 e. The number of carbonyl (C=O) groups excluding carboxylic acids is 1. The third kappa shape index (κ3) is 20.7. The van der Waals surface area contributed by atoms with Gasteiger partial charge in [0.1, 0.15) is 30.5 Å². The summed E-state index contributed by atoms with van der Waals surface area (Å²) in [4.78, 5) is 12.9. The topological polar surface area (TPSA) is 169 Å². The number of nitrogens with one attached hydrogen (secondary N) is 1. The number of ether oxygens (including phenoxy) is 2. The van der Waals surface area contributed by atoms with Gasteiger partial charge in [-0.25, -0.2) is 0 Å². The van der Waals surface area contributed by atoms with Gasteiger partial charge in [-0.15, -0.1) is 0 Å². The zero-order valence-corrected chi connectivity index (χ0v) is 30.6. The van der Waals surface area contributed by atoms with Crippen LogP contribution in [0.1, 0.15) is 174 Å². The summed E-state index contributed by atoms with van der Waals surface area (Å²) in [5.74, 6) is -0.259. The molecule has 1 amide bonds. The average Bonchev–Trinajstić information content (AvgIpc) is 3.08. The van der Waals surface area contributed by atoms with Crippen LogP contribution in [0, 0.1) is 0 Å². The van der Waals surface area contributed by atoms with Crippen LogP contribution >= 0.6 is 0 Å². The van der Waals surface area contributed by atoms with E-state index in [2.05, 4.69) is 19.2 Å². The number of aliphatic hydroxyl groups is 6. The Morgan fingerprint density at radius 3 is 1.54 bits per heavy atom. The number of aliphatic hydroxyl groups excluding tert-OH is 6. The summed E-state index contributed by atoms with van der Waals surface area (Å²) in [5, 5.41) is 64.6. The number of hydrogen-bond acceptors (Lipinski definition) is 9. The van der Waals surface area contributed by atoms with Crippen molar-refractivity contribution in [1.82, 2.24) is 5.32 Å². The first-order chi connectivity index (χ1) is 23.3. The van der Waals surface area contributed by atoms with Crippen molar-refractivity contribution in [2.45, 2.75) is 223 Å². The van der Waals surface area contributed by atoms with Crippen LogP contribution in [0.25, 0.3) is 0 Å². The van der Waals surface area contributed by atoms with E-state index < -0.39 is 55.6 Å². The Morgan fingerprint density at radius 1 is 0.646 bits per heavy atom. The van der Waals surface area contributed by atoms with Gasteiger partial charge in [0, 0.05) is 6.42 Å². The molecule has 1 rings (SSSR count). The molecule has 1 aliphatic heterocycles. The first-order valence-corrected chi connectivity index (χ1v) is 19.8. The van der Waals surface area contributed by atoms with E-state index in [1.165, 1.54) is 96.3 Å². The third-order valence-electron chi connectivity index (χ3n) is 9.80. The lowest BCUT2D eigenvalue weighted by Gasteiger charge is -2.40. The summed E-state index contributed by atoms with van der Waals surface area (Å²) in [6.07, 6.45) is 18.4. The van der Waals surface area contributed by atoms with Crippen LogP contribution in [0.2, 0.25) is 0 Å². The molecule has 10 heteroatoms. The van der Waals surface area contributed by atoms with Crippen LogP contribution in [0.4, 0.5) is 0 Å². The lowest BCUT2D eigenvalue weighted by Crippen LogP contribution is -2.60.